The van der Waals surface area contributed by atoms with Crippen molar-refractivity contribution < 1.29 is 14.4 Å². The number of nitrogens with two attached hydrogens (primary N) is 1. The second-order valence-electron chi connectivity index (χ2n) is 7.14. The number of ketones is 3. The summed E-state index contributed by atoms with van der Waals surface area (Å²) in [6.45, 7) is 2.53. The molecule has 0 aliphatic rings. The van der Waals surface area contributed by atoms with E-state index in [1.54, 1.807) is 25.1 Å². The van der Waals surface area contributed by atoms with Crippen molar-refractivity contribution in [3.05, 3.63) is 45.3 Å². The van der Waals surface area contributed by atoms with Gasteiger partial charge in [-0.15, -0.1) is 0 Å². The van der Waals surface area contributed by atoms with Gasteiger partial charge in [0.25, 0.3) is 0 Å². The zero-order valence-corrected chi connectivity index (χ0v) is 17.4. The lowest BCUT2D eigenvalue weighted by molar-refractivity contribution is -0.119. The first-order chi connectivity index (χ1) is 14.0. The van der Waals surface area contributed by atoms with Crippen molar-refractivity contribution >= 4 is 17.3 Å². The molecule has 0 heterocycles. The minimum absolute atomic E-state index is 0.0322. The lowest BCUT2D eigenvalue weighted by Crippen LogP contribution is -2.09. The Labute approximate surface area is 172 Å². The number of carbonyl (C=O) groups is 3. The Bertz CT molecular complexity index is 740. The molecule has 0 atom stereocenters. The first kappa shape index (κ1) is 24.5. The fourth-order valence-electron chi connectivity index (χ4n) is 3.18. The highest BCUT2D eigenvalue weighted by atomic mass is 16.1. The summed E-state index contributed by atoms with van der Waals surface area (Å²) in [5.41, 5.74) is 15.8. The number of Topliss-reactive ketones (excluding diaryl/α,β-unsaturated/α-hetero) is 3. The predicted octanol–water partition coefficient (Wildman–Crippen LogP) is 5.31. The van der Waals surface area contributed by atoms with E-state index in [1.807, 2.05) is 0 Å². The van der Waals surface area contributed by atoms with E-state index >= 15 is 0 Å². The number of unbranched alkanes of at least 4 members (excludes halogenated alkanes) is 4. The van der Waals surface area contributed by atoms with Crippen LogP contribution < -0.4 is 5.73 Å². The monoisotopic (exact) mass is 400 g/mol. The van der Waals surface area contributed by atoms with Crippen LogP contribution in [0.4, 0.5) is 0 Å². The molecule has 0 fully saturated rings. The highest BCUT2D eigenvalue weighted by Crippen LogP contribution is 2.17. The lowest BCUT2D eigenvalue weighted by atomic mass is 9.96. The Morgan fingerprint density at radius 3 is 2.24 bits per heavy atom. The third-order valence-corrected chi connectivity index (χ3v) is 4.91. The van der Waals surface area contributed by atoms with Crippen LogP contribution in [0.3, 0.4) is 0 Å². The third kappa shape index (κ3) is 9.50. The molecule has 0 radical (unpaired) electrons. The largest absolute Gasteiger partial charge is 0.326 e. The van der Waals surface area contributed by atoms with Gasteiger partial charge in [0.15, 0.2) is 11.6 Å². The van der Waals surface area contributed by atoms with Crippen molar-refractivity contribution in [3.8, 4) is 0 Å². The third-order valence-electron chi connectivity index (χ3n) is 4.91. The second-order valence-corrected chi connectivity index (χ2v) is 7.14. The first-order valence-electron chi connectivity index (χ1n) is 10.4. The van der Waals surface area contributed by atoms with Crippen LogP contribution in [-0.2, 0) is 11.3 Å². The molecule has 7 nitrogen and oxygen atoms in total. The number of azide groups is 1. The average molecular weight is 401 g/mol. The molecule has 0 bridgehead atoms. The van der Waals surface area contributed by atoms with Gasteiger partial charge < -0.3 is 5.73 Å². The van der Waals surface area contributed by atoms with Crippen molar-refractivity contribution in [1.82, 2.24) is 0 Å². The van der Waals surface area contributed by atoms with Crippen LogP contribution in [0, 0.1) is 0 Å². The van der Waals surface area contributed by atoms with E-state index in [0.717, 1.165) is 38.5 Å². The van der Waals surface area contributed by atoms with Crippen LogP contribution in [0.1, 0.15) is 97.4 Å². The smallest absolute Gasteiger partial charge is 0.162 e. The number of carbonyl (C=O) groups excluding carboxylic acids is 3. The van der Waals surface area contributed by atoms with Gasteiger partial charge >= 0.3 is 0 Å². The van der Waals surface area contributed by atoms with Crippen molar-refractivity contribution in [2.24, 2.45) is 10.8 Å². The molecule has 0 aromatic heterocycles. The molecule has 1 rings (SSSR count). The van der Waals surface area contributed by atoms with Crippen LogP contribution in [0.25, 0.3) is 10.4 Å². The van der Waals surface area contributed by atoms with Gasteiger partial charge in [0.05, 0.1) is 0 Å². The highest BCUT2D eigenvalue weighted by Gasteiger charge is 2.13. The maximum atomic E-state index is 12.4. The average Bonchev–Trinajstić information content (AvgIpc) is 2.74. The van der Waals surface area contributed by atoms with Gasteiger partial charge in [-0.3, -0.25) is 14.4 Å². The summed E-state index contributed by atoms with van der Waals surface area (Å²) in [6.07, 6.45) is 6.88. The van der Waals surface area contributed by atoms with Gasteiger partial charge in [-0.1, -0.05) is 37.0 Å². The molecule has 0 amide bonds. The molecule has 0 aliphatic carbocycles. The standard InChI is InChI=1S/C22H32N4O3/c1-2-21(28)20-13-12-17(15-18(20)16-23)22(29)11-7-3-5-9-19(27)10-6-4-8-14-25-26-24/h12-13,15H,2-11,14,16,23H2,1H3. The maximum Gasteiger partial charge on any atom is 0.162 e. The van der Waals surface area contributed by atoms with Gasteiger partial charge in [-0.25, -0.2) is 0 Å². The molecule has 7 heteroatoms. The molecule has 2 N–H and O–H groups in total. The van der Waals surface area contributed by atoms with Gasteiger partial charge in [-0.05, 0) is 42.8 Å². The molecule has 1 aromatic rings. The van der Waals surface area contributed by atoms with Crippen LogP contribution in [-0.4, -0.2) is 23.9 Å². The summed E-state index contributed by atoms with van der Waals surface area (Å²) in [6, 6.07) is 5.14. The van der Waals surface area contributed by atoms with E-state index in [0.29, 0.717) is 48.9 Å². The molecule has 0 saturated carbocycles. The number of nitrogens with zero attached hydrogens (tertiary/aromatic N) is 3. The lowest BCUT2D eigenvalue weighted by Gasteiger charge is -2.09. The minimum Gasteiger partial charge on any atom is -0.326 e. The zero-order chi connectivity index (χ0) is 21.5. The summed E-state index contributed by atoms with van der Waals surface area (Å²) < 4.78 is 0. The maximum absolute atomic E-state index is 12.4. The Kier molecular flexibility index (Phi) is 12.3. The van der Waals surface area contributed by atoms with Crippen molar-refractivity contribution in [1.29, 1.82) is 0 Å². The number of benzene rings is 1. The topological polar surface area (TPSA) is 126 Å². The van der Waals surface area contributed by atoms with E-state index in [-0.39, 0.29) is 23.9 Å². The molecular weight excluding hydrogens is 368 g/mol. The zero-order valence-electron chi connectivity index (χ0n) is 17.4. The molecule has 0 unspecified atom stereocenters. The molecule has 1 aromatic carbocycles. The number of hydrogen-bond donors (Lipinski definition) is 1. The van der Waals surface area contributed by atoms with E-state index in [2.05, 4.69) is 10.0 Å². The summed E-state index contributed by atoms with van der Waals surface area (Å²) in [7, 11) is 0. The van der Waals surface area contributed by atoms with Crippen molar-refractivity contribution in [2.75, 3.05) is 6.54 Å². The van der Waals surface area contributed by atoms with E-state index < -0.39 is 0 Å². The van der Waals surface area contributed by atoms with Crippen LogP contribution in [0.2, 0.25) is 0 Å². The Hall–Kier alpha value is -2.50. The van der Waals surface area contributed by atoms with Crippen molar-refractivity contribution in [2.45, 2.75) is 77.7 Å². The fraction of sp³-hybridized carbons (Fsp3) is 0.591. The molecule has 0 spiro atoms. The Balaban J connectivity index is 2.27. The van der Waals surface area contributed by atoms with Gasteiger partial charge in [0, 0.05) is 54.8 Å². The Morgan fingerprint density at radius 2 is 1.62 bits per heavy atom. The summed E-state index contributed by atoms with van der Waals surface area (Å²) >= 11 is 0. The second kappa shape index (κ2) is 14.5. The van der Waals surface area contributed by atoms with E-state index in [4.69, 9.17) is 11.3 Å². The molecule has 158 valence electrons. The van der Waals surface area contributed by atoms with E-state index in [1.165, 1.54) is 0 Å². The SMILES string of the molecule is CCC(=O)c1ccc(C(=O)CCCCCC(=O)CCCCCN=[N+]=[N-])cc1CN. The first-order valence-corrected chi connectivity index (χ1v) is 10.4. The summed E-state index contributed by atoms with van der Waals surface area (Å²) in [4.78, 5) is 38.8. The van der Waals surface area contributed by atoms with Crippen LogP contribution in [0.15, 0.2) is 23.3 Å². The normalized spacial score (nSPS) is 10.4. The Morgan fingerprint density at radius 1 is 0.966 bits per heavy atom. The highest BCUT2D eigenvalue weighted by molar-refractivity contribution is 6.00. The molecule has 0 saturated heterocycles. The minimum atomic E-state index is 0.0322. The van der Waals surface area contributed by atoms with Crippen LogP contribution >= 0.6 is 0 Å². The van der Waals surface area contributed by atoms with Crippen molar-refractivity contribution in [3.63, 3.8) is 0 Å². The fourth-order valence-corrected chi connectivity index (χ4v) is 3.18. The quantitative estimate of drug-likeness (QED) is 0.133. The van der Waals surface area contributed by atoms with Crippen LogP contribution in [0.5, 0.6) is 0 Å². The molecular formula is C22H32N4O3. The van der Waals surface area contributed by atoms with Gasteiger partial charge in [0.2, 0.25) is 0 Å². The predicted molar refractivity (Wildman–Crippen MR) is 114 cm³/mol. The number of rotatable bonds is 16. The summed E-state index contributed by atoms with van der Waals surface area (Å²) in [5.74, 6) is 0.329. The molecule has 29 heavy (non-hydrogen) atoms. The van der Waals surface area contributed by atoms with Gasteiger partial charge in [-0.2, -0.15) is 0 Å². The number of hydrogen-bond acceptors (Lipinski definition) is 5. The van der Waals surface area contributed by atoms with Gasteiger partial charge in [0.1, 0.15) is 5.78 Å². The van der Waals surface area contributed by atoms with E-state index in [9.17, 15) is 14.4 Å². The summed E-state index contributed by atoms with van der Waals surface area (Å²) in [5, 5.41) is 3.47. The molecule has 0 aliphatic heterocycles.